The molecule has 60 valence electrons. The third-order valence-corrected chi connectivity index (χ3v) is 1.68. The lowest BCUT2D eigenvalue weighted by Crippen LogP contribution is -2.23. The maximum atomic E-state index is 11.1. The van der Waals surface area contributed by atoms with Crippen molar-refractivity contribution in [2.75, 3.05) is 6.61 Å². The van der Waals surface area contributed by atoms with Crippen LogP contribution in [0.2, 0.25) is 0 Å². The Bertz CT molecular complexity index is 324. The number of pyridine rings is 1. The second-order valence-corrected chi connectivity index (χ2v) is 2.42. The smallest absolute Gasteiger partial charge is 0.339 e. The fraction of sp³-hybridized carbons (Fsp3) is 0.125. The van der Waals surface area contributed by atoms with Crippen molar-refractivity contribution in [3.05, 3.63) is 29.6 Å². The van der Waals surface area contributed by atoms with Gasteiger partial charge in [-0.05, 0) is 6.07 Å². The highest BCUT2D eigenvalue weighted by Crippen LogP contribution is 2.14. The molecule has 0 spiro atoms. The van der Waals surface area contributed by atoms with Crippen LogP contribution in [0.3, 0.4) is 0 Å². The van der Waals surface area contributed by atoms with Gasteiger partial charge in [-0.3, -0.25) is 9.78 Å². The van der Waals surface area contributed by atoms with Crippen LogP contribution in [0.15, 0.2) is 18.5 Å². The van der Waals surface area contributed by atoms with Crippen molar-refractivity contribution in [1.29, 1.82) is 0 Å². The number of aromatic nitrogens is 1. The predicted octanol–water partition coefficient (Wildman–Crippen LogP) is 0.435. The van der Waals surface area contributed by atoms with Crippen LogP contribution < -0.4 is 0 Å². The summed E-state index contributed by atoms with van der Waals surface area (Å²) in [6.45, 7) is -0.169. The van der Waals surface area contributed by atoms with E-state index in [1.54, 1.807) is 0 Å². The van der Waals surface area contributed by atoms with E-state index in [1.807, 2.05) is 0 Å². The summed E-state index contributed by atoms with van der Waals surface area (Å²) in [4.78, 5) is 25.9. The molecule has 1 aromatic rings. The van der Waals surface area contributed by atoms with E-state index in [1.165, 1.54) is 18.5 Å². The van der Waals surface area contributed by atoms with Gasteiger partial charge >= 0.3 is 5.97 Å². The van der Waals surface area contributed by atoms with E-state index in [2.05, 4.69) is 9.72 Å². The normalized spacial score (nSPS) is 15.3. The molecule has 0 fully saturated rings. The van der Waals surface area contributed by atoms with Crippen molar-refractivity contribution in [3.8, 4) is 0 Å². The van der Waals surface area contributed by atoms with Gasteiger partial charge in [-0.1, -0.05) is 0 Å². The first-order valence-electron chi connectivity index (χ1n) is 3.43. The molecule has 0 bridgehead atoms. The second-order valence-electron chi connectivity index (χ2n) is 2.42. The average Bonchev–Trinajstić information content (AvgIpc) is 2.12. The molecule has 0 radical (unpaired) electrons. The first kappa shape index (κ1) is 6.97. The van der Waals surface area contributed by atoms with Gasteiger partial charge in [0.25, 0.3) is 0 Å². The molecule has 2 heterocycles. The molecule has 0 atom stereocenters. The number of ether oxygens (including phenoxy) is 1. The number of hydrogen-bond donors (Lipinski definition) is 0. The third-order valence-electron chi connectivity index (χ3n) is 1.68. The molecule has 0 N–H and O–H groups in total. The average molecular weight is 163 g/mol. The number of carbonyl (C=O) groups excluding carboxylic acids is 2. The molecule has 12 heavy (non-hydrogen) atoms. The summed E-state index contributed by atoms with van der Waals surface area (Å²) in [5.41, 5.74) is 0.662. The zero-order valence-electron chi connectivity index (χ0n) is 6.11. The van der Waals surface area contributed by atoms with Gasteiger partial charge in [0.2, 0.25) is 5.78 Å². The predicted molar refractivity (Wildman–Crippen MR) is 38.9 cm³/mol. The number of ketones is 1. The summed E-state index contributed by atoms with van der Waals surface area (Å²) < 4.78 is 4.60. The van der Waals surface area contributed by atoms with E-state index in [-0.39, 0.29) is 12.4 Å². The standard InChI is InChI=1S/C8H5NO3/c10-7-4-12-8(11)5-1-2-9-3-6(5)7/h1-3H,4H2. The lowest BCUT2D eigenvalue weighted by atomic mass is 10.1. The maximum Gasteiger partial charge on any atom is 0.339 e. The largest absolute Gasteiger partial charge is 0.454 e. The Balaban J connectivity index is 2.62. The molecule has 0 amide bonds. The van der Waals surface area contributed by atoms with Crippen molar-refractivity contribution < 1.29 is 14.3 Å². The van der Waals surface area contributed by atoms with Gasteiger partial charge < -0.3 is 4.74 Å². The van der Waals surface area contributed by atoms with E-state index in [4.69, 9.17) is 0 Å². The Hall–Kier alpha value is -1.71. The van der Waals surface area contributed by atoms with Crippen LogP contribution in [0.25, 0.3) is 0 Å². The zero-order chi connectivity index (χ0) is 8.55. The first-order valence-corrected chi connectivity index (χ1v) is 3.43. The van der Waals surface area contributed by atoms with Crippen LogP contribution in [0.5, 0.6) is 0 Å². The lowest BCUT2D eigenvalue weighted by molar-refractivity contribution is 0.0442. The Morgan fingerprint density at radius 2 is 2.17 bits per heavy atom. The van der Waals surface area contributed by atoms with E-state index < -0.39 is 5.97 Å². The molecule has 4 heteroatoms. The minimum Gasteiger partial charge on any atom is -0.454 e. The SMILES string of the molecule is O=C1COC(=O)c2ccncc21. The highest BCUT2D eigenvalue weighted by atomic mass is 16.5. The minimum absolute atomic E-state index is 0.169. The maximum absolute atomic E-state index is 11.1. The first-order chi connectivity index (χ1) is 5.79. The number of fused-ring (bicyclic) bond motifs is 1. The van der Waals surface area contributed by atoms with Crippen LogP contribution >= 0.6 is 0 Å². The number of carbonyl (C=O) groups is 2. The summed E-state index contributed by atoms with van der Waals surface area (Å²) in [5, 5.41) is 0. The Morgan fingerprint density at radius 1 is 1.33 bits per heavy atom. The highest BCUT2D eigenvalue weighted by Gasteiger charge is 2.24. The second kappa shape index (κ2) is 2.41. The molecular formula is C8H5NO3. The number of Topliss-reactive ketones (excluding diaryl/α,β-unsaturated/α-hetero) is 1. The Labute approximate surface area is 68.2 Å². The number of esters is 1. The molecular weight excluding hydrogens is 158 g/mol. The summed E-state index contributed by atoms with van der Waals surface area (Å²) in [5.74, 6) is -0.648. The monoisotopic (exact) mass is 163 g/mol. The van der Waals surface area contributed by atoms with E-state index >= 15 is 0 Å². The topological polar surface area (TPSA) is 56.3 Å². The quantitative estimate of drug-likeness (QED) is 0.520. The molecule has 0 saturated carbocycles. The minimum atomic E-state index is -0.452. The molecule has 0 saturated heterocycles. The summed E-state index contributed by atoms with van der Waals surface area (Å²) >= 11 is 0. The fourth-order valence-corrected chi connectivity index (χ4v) is 1.08. The highest BCUT2D eigenvalue weighted by molar-refractivity contribution is 6.10. The Morgan fingerprint density at radius 3 is 2.92 bits per heavy atom. The van der Waals surface area contributed by atoms with Crippen LogP contribution in [0.1, 0.15) is 20.7 Å². The summed E-state index contributed by atoms with van der Waals surface area (Å²) in [6.07, 6.45) is 2.84. The van der Waals surface area contributed by atoms with Crippen molar-refractivity contribution in [1.82, 2.24) is 4.98 Å². The van der Waals surface area contributed by atoms with Gasteiger partial charge in [-0.15, -0.1) is 0 Å². The number of hydrogen-bond acceptors (Lipinski definition) is 4. The van der Waals surface area contributed by atoms with Gasteiger partial charge in [0.05, 0.1) is 11.1 Å². The third kappa shape index (κ3) is 0.887. The van der Waals surface area contributed by atoms with Crippen LogP contribution in [0.4, 0.5) is 0 Å². The molecule has 1 aliphatic heterocycles. The van der Waals surface area contributed by atoms with Gasteiger partial charge in [0, 0.05) is 12.4 Å². The molecule has 0 aliphatic carbocycles. The van der Waals surface area contributed by atoms with Gasteiger partial charge in [-0.2, -0.15) is 0 Å². The zero-order valence-corrected chi connectivity index (χ0v) is 6.11. The molecule has 2 rings (SSSR count). The summed E-state index contributed by atoms with van der Waals surface area (Å²) in [7, 11) is 0. The molecule has 1 aromatic heterocycles. The summed E-state index contributed by atoms with van der Waals surface area (Å²) in [6, 6.07) is 1.48. The Kier molecular flexibility index (Phi) is 1.40. The van der Waals surface area contributed by atoms with Crippen LogP contribution in [0, 0.1) is 0 Å². The van der Waals surface area contributed by atoms with Crippen molar-refractivity contribution in [3.63, 3.8) is 0 Å². The number of cyclic esters (lactones) is 1. The molecule has 4 nitrogen and oxygen atoms in total. The van der Waals surface area contributed by atoms with Gasteiger partial charge in [0.15, 0.2) is 6.61 Å². The van der Waals surface area contributed by atoms with Crippen LogP contribution in [-0.2, 0) is 4.74 Å². The van der Waals surface area contributed by atoms with Crippen molar-refractivity contribution >= 4 is 11.8 Å². The van der Waals surface area contributed by atoms with Crippen LogP contribution in [-0.4, -0.2) is 23.3 Å². The van der Waals surface area contributed by atoms with Crippen molar-refractivity contribution in [2.45, 2.75) is 0 Å². The van der Waals surface area contributed by atoms with Crippen molar-refractivity contribution in [2.24, 2.45) is 0 Å². The van der Waals surface area contributed by atoms with E-state index in [0.29, 0.717) is 11.1 Å². The number of nitrogens with zero attached hydrogens (tertiary/aromatic N) is 1. The molecule has 0 aromatic carbocycles. The molecule has 0 unspecified atom stereocenters. The number of rotatable bonds is 0. The molecule has 1 aliphatic rings. The van der Waals surface area contributed by atoms with Gasteiger partial charge in [0.1, 0.15) is 0 Å². The van der Waals surface area contributed by atoms with E-state index in [9.17, 15) is 9.59 Å². The lowest BCUT2D eigenvalue weighted by Gasteiger charge is -2.12. The fourth-order valence-electron chi connectivity index (χ4n) is 1.08. The van der Waals surface area contributed by atoms with Gasteiger partial charge in [-0.25, -0.2) is 4.79 Å². The van der Waals surface area contributed by atoms with E-state index in [0.717, 1.165) is 0 Å².